The third-order valence-electron chi connectivity index (χ3n) is 4.13. The second kappa shape index (κ2) is 6.73. The van der Waals surface area contributed by atoms with Crippen molar-refractivity contribution in [1.29, 1.82) is 0 Å². The lowest BCUT2D eigenvalue weighted by Gasteiger charge is -2.27. The minimum absolute atomic E-state index is 0.629. The molecule has 0 radical (unpaired) electrons. The molecule has 1 aromatic heterocycles. The molecule has 1 fully saturated rings. The van der Waals surface area contributed by atoms with Crippen LogP contribution in [0, 0.1) is 18.8 Å². The Morgan fingerprint density at radius 1 is 1.21 bits per heavy atom. The van der Waals surface area contributed by atoms with Crippen molar-refractivity contribution in [3.63, 3.8) is 0 Å². The van der Waals surface area contributed by atoms with E-state index in [1.807, 2.05) is 13.0 Å². The van der Waals surface area contributed by atoms with E-state index in [1.54, 1.807) is 7.11 Å². The Morgan fingerprint density at radius 2 is 1.89 bits per heavy atom. The van der Waals surface area contributed by atoms with Gasteiger partial charge in [-0.15, -0.1) is 0 Å². The molecule has 1 heterocycles. The molecular formula is C15H25N3O. The molecule has 1 N–H and O–H groups in total. The minimum Gasteiger partial charge on any atom is -0.481 e. The fourth-order valence-corrected chi connectivity index (χ4v) is 2.80. The van der Waals surface area contributed by atoms with Crippen molar-refractivity contribution in [3.8, 4) is 5.88 Å². The highest BCUT2D eigenvalue weighted by Crippen LogP contribution is 2.30. The van der Waals surface area contributed by atoms with Gasteiger partial charge in [0.1, 0.15) is 0 Å². The normalized spacial score (nSPS) is 23.1. The van der Waals surface area contributed by atoms with E-state index in [9.17, 15) is 0 Å². The fourth-order valence-electron chi connectivity index (χ4n) is 2.80. The summed E-state index contributed by atoms with van der Waals surface area (Å²) in [5.74, 6) is 3.03. The first-order valence-corrected chi connectivity index (χ1v) is 7.34. The van der Waals surface area contributed by atoms with Crippen LogP contribution in [0.5, 0.6) is 5.88 Å². The number of methoxy groups -OCH3 is 1. The zero-order valence-electron chi connectivity index (χ0n) is 12.3. The third-order valence-corrected chi connectivity index (χ3v) is 4.13. The summed E-state index contributed by atoms with van der Waals surface area (Å²) in [5, 5.41) is 3.36. The van der Waals surface area contributed by atoms with Crippen molar-refractivity contribution in [2.45, 2.75) is 46.0 Å². The van der Waals surface area contributed by atoms with Gasteiger partial charge < -0.3 is 10.1 Å². The zero-order valence-corrected chi connectivity index (χ0v) is 12.3. The summed E-state index contributed by atoms with van der Waals surface area (Å²) in [4.78, 5) is 8.72. The monoisotopic (exact) mass is 263 g/mol. The van der Waals surface area contributed by atoms with Crippen LogP contribution < -0.4 is 10.1 Å². The van der Waals surface area contributed by atoms with Crippen LogP contribution in [0.1, 0.15) is 44.7 Å². The molecule has 19 heavy (non-hydrogen) atoms. The van der Waals surface area contributed by atoms with E-state index in [2.05, 4.69) is 22.2 Å². The first-order valence-electron chi connectivity index (χ1n) is 7.34. The van der Waals surface area contributed by atoms with Crippen molar-refractivity contribution in [1.82, 2.24) is 9.97 Å². The van der Waals surface area contributed by atoms with Crippen LogP contribution >= 0.6 is 0 Å². The van der Waals surface area contributed by atoms with E-state index in [0.717, 1.165) is 24.1 Å². The standard InChI is InChI=1S/C15H25N3O/c1-4-12-5-7-13(8-6-12)10-16-15-17-11(2)9-14(18-15)19-3/h9,12-13H,4-8,10H2,1-3H3,(H,16,17,18). The van der Waals surface area contributed by atoms with Gasteiger partial charge in [-0.1, -0.05) is 26.2 Å². The number of aryl methyl sites for hydroxylation is 1. The van der Waals surface area contributed by atoms with Crippen LogP contribution in [0.2, 0.25) is 0 Å². The number of aromatic nitrogens is 2. The van der Waals surface area contributed by atoms with Gasteiger partial charge >= 0.3 is 0 Å². The van der Waals surface area contributed by atoms with Crippen molar-refractivity contribution in [3.05, 3.63) is 11.8 Å². The molecule has 0 aliphatic heterocycles. The summed E-state index contributed by atoms with van der Waals surface area (Å²) < 4.78 is 5.16. The molecule has 0 unspecified atom stereocenters. The van der Waals surface area contributed by atoms with Gasteiger partial charge in [-0.2, -0.15) is 4.98 Å². The van der Waals surface area contributed by atoms with Gasteiger partial charge in [0.25, 0.3) is 0 Å². The Bertz CT molecular complexity index is 400. The van der Waals surface area contributed by atoms with Crippen LogP contribution in [0.15, 0.2) is 6.07 Å². The molecule has 1 aliphatic rings. The average Bonchev–Trinajstić information content (AvgIpc) is 2.45. The largest absolute Gasteiger partial charge is 0.481 e. The van der Waals surface area contributed by atoms with E-state index < -0.39 is 0 Å². The first-order chi connectivity index (χ1) is 9.21. The summed E-state index contributed by atoms with van der Waals surface area (Å²) in [7, 11) is 1.64. The van der Waals surface area contributed by atoms with Crippen LogP contribution in [-0.4, -0.2) is 23.6 Å². The molecule has 0 atom stereocenters. The lowest BCUT2D eigenvalue weighted by atomic mass is 9.81. The first kappa shape index (κ1) is 14.1. The number of nitrogens with zero attached hydrogens (tertiary/aromatic N) is 2. The van der Waals surface area contributed by atoms with Crippen LogP contribution in [0.3, 0.4) is 0 Å². The maximum Gasteiger partial charge on any atom is 0.226 e. The fraction of sp³-hybridized carbons (Fsp3) is 0.733. The maximum atomic E-state index is 5.16. The SMILES string of the molecule is CCC1CCC(CNc2nc(C)cc(OC)n2)CC1. The van der Waals surface area contributed by atoms with E-state index in [0.29, 0.717) is 11.8 Å². The maximum absolute atomic E-state index is 5.16. The Kier molecular flexibility index (Phi) is 5.00. The number of hydrogen-bond donors (Lipinski definition) is 1. The van der Waals surface area contributed by atoms with Gasteiger partial charge in [-0.3, -0.25) is 0 Å². The summed E-state index contributed by atoms with van der Waals surface area (Å²) in [5.41, 5.74) is 0.934. The van der Waals surface area contributed by atoms with E-state index >= 15 is 0 Å². The number of hydrogen-bond acceptors (Lipinski definition) is 4. The highest BCUT2D eigenvalue weighted by Gasteiger charge is 2.19. The number of ether oxygens (including phenoxy) is 1. The van der Waals surface area contributed by atoms with Crippen molar-refractivity contribution in [2.75, 3.05) is 19.0 Å². The molecule has 0 bridgehead atoms. The van der Waals surface area contributed by atoms with Crippen LogP contribution in [-0.2, 0) is 0 Å². The van der Waals surface area contributed by atoms with Gasteiger partial charge in [0.05, 0.1) is 7.11 Å². The van der Waals surface area contributed by atoms with Crippen LogP contribution in [0.4, 0.5) is 5.95 Å². The predicted molar refractivity (Wildman–Crippen MR) is 77.5 cm³/mol. The molecule has 0 aromatic carbocycles. The van der Waals surface area contributed by atoms with E-state index in [-0.39, 0.29) is 0 Å². The van der Waals surface area contributed by atoms with E-state index in [4.69, 9.17) is 4.74 Å². The predicted octanol–water partition coefficient (Wildman–Crippen LogP) is 3.42. The molecular weight excluding hydrogens is 238 g/mol. The summed E-state index contributed by atoms with van der Waals surface area (Å²) >= 11 is 0. The van der Waals surface area contributed by atoms with E-state index in [1.165, 1.54) is 32.1 Å². The summed E-state index contributed by atoms with van der Waals surface area (Å²) in [6.07, 6.45) is 6.74. The third kappa shape index (κ3) is 4.08. The number of nitrogens with one attached hydrogen (secondary N) is 1. The molecule has 4 nitrogen and oxygen atoms in total. The average molecular weight is 263 g/mol. The summed E-state index contributed by atoms with van der Waals surface area (Å²) in [6.45, 7) is 5.24. The molecule has 1 aliphatic carbocycles. The molecule has 1 saturated carbocycles. The van der Waals surface area contributed by atoms with Gasteiger partial charge in [0, 0.05) is 18.3 Å². The number of rotatable bonds is 5. The Hall–Kier alpha value is -1.32. The second-order valence-corrected chi connectivity index (χ2v) is 5.55. The molecule has 0 amide bonds. The quantitative estimate of drug-likeness (QED) is 0.884. The Balaban J connectivity index is 1.84. The minimum atomic E-state index is 0.629. The second-order valence-electron chi connectivity index (χ2n) is 5.55. The van der Waals surface area contributed by atoms with Crippen molar-refractivity contribution in [2.24, 2.45) is 11.8 Å². The Labute approximate surface area is 116 Å². The van der Waals surface area contributed by atoms with Gasteiger partial charge in [0.2, 0.25) is 11.8 Å². The highest BCUT2D eigenvalue weighted by atomic mass is 16.5. The number of anilines is 1. The van der Waals surface area contributed by atoms with Crippen LogP contribution in [0.25, 0.3) is 0 Å². The van der Waals surface area contributed by atoms with Crippen molar-refractivity contribution < 1.29 is 4.74 Å². The van der Waals surface area contributed by atoms with Gasteiger partial charge in [0.15, 0.2) is 0 Å². The molecule has 0 saturated heterocycles. The molecule has 4 heteroatoms. The molecule has 106 valence electrons. The molecule has 0 spiro atoms. The Morgan fingerprint density at radius 3 is 2.53 bits per heavy atom. The van der Waals surface area contributed by atoms with Gasteiger partial charge in [-0.25, -0.2) is 4.98 Å². The van der Waals surface area contributed by atoms with Gasteiger partial charge in [-0.05, 0) is 31.6 Å². The lowest BCUT2D eigenvalue weighted by molar-refractivity contribution is 0.278. The highest BCUT2D eigenvalue weighted by molar-refractivity contribution is 5.30. The molecule has 2 rings (SSSR count). The zero-order chi connectivity index (χ0) is 13.7. The lowest BCUT2D eigenvalue weighted by Crippen LogP contribution is -2.21. The smallest absolute Gasteiger partial charge is 0.226 e. The summed E-state index contributed by atoms with van der Waals surface area (Å²) in [6, 6.07) is 1.84. The topological polar surface area (TPSA) is 47.0 Å². The van der Waals surface area contributed by atoms with Crippen molar-refractivity contribution >= 4 is 5.95 Å². The molecule has 1 aromatic rings.